The van der Waals surface area contributed by atoms with Crippen LogP contribution < -0.4 is 5.32 Å². The number of hydrogen-bond donors (Lipinski definition) is 2. The third-order valence-corrected chi connectivity index (χ3v) is 2.56. The number of carbonyl (C=O) groups is 2. The molecule has 0 bridgehead atoms. The predicted octanol–water partition coefficient (Wildman–Crippen LogP) is 1.56. The van der Waals surface area contributed by atoms with Gasteiger partial charge in [-0.05, 0) is 19.1 Å². The minimum Gasteiger partial charge on any atom is -0.480 e. The minimum atomic E-state index is -1.06. The molecule has 0 radical (unpaired) electrons. The molecule has 1 aromatic carbocycles. The molecule has 1 heterocycles. The van der Waals surface area contributed by atoms with Crippen molar-refractivity contribution in [1.82, 2.24) is 5.32 Å². The van der Waals surface area contributed by atoms with E-state index in [-0.39, 0.29) is 12.3 Å². The maximum atomic E-state index is 11.6. The van der Waals surface area contributed by atoms with Crippen LogP contribution in [0.15, 0.2) is 34.7 Å². The molecule has 0 aliphatic carbocycles. The van der Waals surface area contributed by atoms with Crippen molar-refractivity contribution in [3.05, 3.63) is 36.1 Å². The van der Waals surface area contributed by atoms with E-state index in [1.807, 2.05) is 24.3 Å². The van der Waals surface area contributed by atoms with E-state index < -0.39 is 12.0 Å². The van der Waals surface area contributed by atoms with Gasteiger partial charge in [-0.25, -0.2) is 0 Å². The van der Waals surface area contributed by atoms with Crippen LogP contribution in [0.3, 0.4) is 0 Å². The highest BCUT2D eigenvalue weighted by Gasteiger charge is 2.15. The van der Waals surface area contributed by atoms with Crippen LogP contribution in [0.2, 0.25) is 0 Å². The summed E-state index contributed by atoms with van der Waals surface area (Å²) in [5.74, 6) is -0.914. The number of carboxylic acid groups (broad SMARTS) is 1. The summed E-state index contributed by atoms with van der Waals surface area (Å²) < 4.78 is 5.47. The van der Waals surface area contributed by atoms with Crippen LogP contribution >= 0.6 is 0 Å². The van der Waals surface area contributed by atoms with Gasteiger partial charge in [0.05, 0.1) is 6.42 Å². The van der Waals surface area contributed by atoms with Gasteiger partial charge in [0.25, 0.3) is 0 Å². The summed E-state index contributed by atoms with van der Waals surface area (Å²) in [4.78, 5) is 22.2. The topological polar surface area (TPSA) is 79.5 Å². The van der Waals surface area contributed by atoms with Crippen molar-refractivity contribution in [1.29, 1.82) is 0 Å². The quantitative estimate of drug-likeness (QED) is 0.859. The molecule has 1 aromatic heterocycles. The first-order valence-corrected chi connectivity index (χ1v) is 5.56. The number of carboxylic acids is 1. The van der Waals surface area contributed by atoms with Gasteiger partial charge < -0.3 is 14.8 Å². The molecular formula is C13H13NO4. The summed E-state index contributed by atoms with van der Waals surface area (Å²) in [5.41, 5.74) is 0.714. The normalized spacial score (nSPS) is 12.3. The second kappa shape index (κ2) is 4.91. The average molecular weight is 247 g/mol. The van der Waals surface area contributed by atoms with E-state index in [9.17, 15) is 9.59 Å². The first-order valence-electron chi connectivity index (χ1n) is 5.56. The fourth-order valence-electron chi connectivity index (χ4n) is 1.64. The average Bonchev–Trinajstić information content (AvgIpc) is 2.70. The number of hydrogen-bond acceptors (Lipinski definition) is 3. The lowest BCUT2D eigenvalue weighted by Crippen LogP contribution is -2.39. The lowest BCUT2D eigenvalue weighted by Gasteiger charge is -2.07. The van der Waals surface area contributed by atoms with Crippen molar-refractivity contribution in [2.75, 3.05) is 0 Å². The van der Waals surface area contributed by atoms with Crippen molar-refractivity contribution >= 4 is 22.8 Å². The van der Waals surface area contributed by atoms with Crippen LogP contribution in [-0.2, 0) is 16.0 Å². The smallest absolute Gasteiger partial charge is 0.325 e. The van der Waals surface area contributed by atoms with Crippen molar-refractivity contribution in [3.8, 4) is 0 Å². The molecule has 94 valence electrons. The van der Waals surface area contributed by atoms with Gasteiger partial charge in [0.2, 0.25) is 5.91 Å². The summed E-state index contributed by atoms with van der Waals surface area (Å²) in [6.45, 7) is 1.42. The van der Waals surface area contributed by atoms with Crippen LogP contribution in [0.4, 0.5) is 0 Å². The van der Waals surface area contributed by atoms with Gasteiger partial charge in [-0.15, -0.1) is 0 Å². The summed E-state index contributed by atoms with van der Waals surface area (Å²) in [7, 11) is 0. The molecule has 0 aliphatic heterocycles. The Hall–Kier alpha value is -2.30. The predicted molar refractivity (Wildman–Crippen MR) is 65.2 cm³/mol. The van der Waals surface area contributed by atoms with Gasteiger partial charge in [0, 0.05) is 5.39 Å². The first-order chi connectivity index (χ1) is 8.56. The zero-order valence-corrected chi connectivity index (χ0v) is 9.84. The highest BCUT2D eigenvalue weighted by molar-refractivity contribution is 5.85. The molecule has 0 fully saturated rings. The minimum absolute atomic E-state index is 0.0340. The van der Waals surface area contributed by atoms with E-state index in [1.54, 1.807) is 6.07 Å². The molecule has 1 atom stereocenters. The number of rotatable bonds is 4. The Balaban J connectivity index is 2.05. The Morgan fingerprint density at radius 1 is 1.39 bits per heavy atom. The highest BCUT2D eigenvalue weighted by Crippen LogP contribution is 2.18. The number of fused-ring (bicyclic) bond motifs is 1. The van der Waals surface area contributed by atoms with Crippen LogP contribution in [0.1, 0.15) is 12.7 Å². The maximum absolute atomic E-state index is 11.6. The van der Waals surface area contributed by atoms with Crippen LogP contribution in [0.25, 0.3) is 11.0 Å². The Kier molecular flexibility index (Phi) is 3.32. The van der Waals surface area contributed by atoms with E-state index in [1.165, 1.54) is 6.92 Å². The third kappa shape index (κ3) is 2.68. The number of aliphatic carboxylic acids is 1. The zero-order chi connectivity index (χ0) is 13.1. The van der Waals surface area contributed by atoms with E-state index in [0.717, 1.165) is 5.39 Å². The van der Waals surface area contributed by atoms with E-state index in [2.05, 4.69) is 5.32 Å². The highest BCUT2D eigenvalue weighted by atomic mass is 16.4. The van der Waals surface area contributed by atoms with Crippen LogP contribution in [0, 0.1) is 0 Å². The Morgan fingerprint density at radius 2 is 2.11 bits per heavy atom. The molecule has 0 saturated heterocycles. The number of nitrogens with one attached hydrogen (secondary N) is 1. The maximum Gasteiger partial charge on any atom is 0.325 e. The number of carbonyl (C=O) groups excluding carboxylic acids is 1. The lowest BCUT2D eigenvalue weighted by molar-refractivity contribution is -0.141. The van der Waals surface area contributed by atoms with Crippen molar-refractivity contribution < 1.29 is 19.1 Å². The molecule has 0 unspecified atom stereocenters. The monoisotopic (exact) mass is 247 g/mol. The Bertz CT molecular complexity index is 554. The van der Waals surface area contributed by atoms with Gasteiger partial charge >= 0.3 is 5.97 Å². The molecular weight excluding hydrogens is 234 g/mol. The van der Waals surface area contributed by atoms with Crippen molar-refractivity contribution in [2.24, 2.45) is 0 Å². The Morgan fingerprint density at radius 3 is 2.78 bits per heavy atom. The molecule has 18 heavy (non-hydrogen) atoms. The fourth-order valence-corrected chi connectivity index (χ4v) is 1.64. The van der Waals surface area contributed by atoms with Gasteiger partial charge in [-0.3, -0.25) is 9.59 Å². The van der Waals surface area contributed by atoms with Gasteiger partial charge in [0.15, 0.2) is 0 Å². The Labute approximate surface area is 103 Å². The largest absolute Gasteiger partial charge is 0.480 e. The molecule has 5 nitrogen and oxygen atoms in total. The lowest BCUT2D eigenvalue weighted by atomic mass is 10.2. The summed E-state index contributed by atoms with van der Waals surface area (Å²) in [6.07, 6.45) is 0.0340. The van der Waals surface area contributed by atoms with Gasteiger partial charge in [-0.2, -0.15) is 0 Å². The van der Waals surface area contributed by atoms with Crippen LogP contribution in [0.5, 0.6) is 0 Å². The van der Waals surface area contributed by atoms with E-state index in [4.69, 9.17) is 9.52 Å². The zero-order valence-electron chi connectivity index (χ0n) is 9.84. The number of para-hydroxylation sites is 1. The second-order valence-electron chi connectivity index (χ2n) is 4.05. The second-order valence-corrected chi connectivity index (χ2v) is 4.05. The summed E-state index contributed by atoms with van der Waals surface area (Å²) in [6, 6.07) is 8.31. The molecule has 0 saturated carbocycles. The molecule has 2 aromatic rings. The third-order valence-electron chi connectivity index (χ3n) is 2.56. The van der Waals surface area contributed by atoms with Crippen molar-refractivity contribution in [3.63, 3.8) is 0 Å². The SMILES string of the molecule is C[C@H](NC(=O)Cc1cc2ccccc2o1)C(=O)O. The van der Waals surface area contributed by atoms with E-state index in [0.29, 0.717) is 11.3 Å². The molecule has 2 N–H and O–H groups in total. The molecule has 2 rings (SSSR count). The summed E-state index contributed by atoms with van der Waals surface area (Å²) >= 11 is 0. The number of amides is 1. The standard InChI is InChI=1S/C13H13NO4/c1-8(13(16)17)14-12(15)7-10-6-9-4-2-3-5-11(9)18-10/h2-6,8H,7H2,1H3,(H,14,15)(H,16,17)/t8-/m0/s1. The first kappa shape index (κ1) is 12.2. The molecule has 1 amide bonds. The van der Waals surface area contributed by atoms with Gasteiger partial charge in [0.1, 0.15) is 17.4 Å². The van der Waals surface area contributed by atoms with Crippen molar-refractivity contribution in [2.45, 2.75) is 19.4 Å². The number of furan rings is 1. The van der Waals surface area contributed by atoms with Crippen LogP contribution in [-0.4, -0.2) is 23.0 Å². The number of benzene rings is 1. The molecule has 0 spiro atoms. The molecule has 0 aliphatic rings. The van der Waals surface area contributed by atoms with Gasteiger partial charge in [-0.1, -0.05) is 18.2 Å². The molecule has 5 heteroatoms. The van der Waals surface area contributed by atoms with E-state index >= 15 is 0 Å². The fraction of sp³-hybridized carbons (Fsp3) is 0.231. The summed E-state index contributed by atoms with van der Waals surface area (Å²) in [5, 5.41) is 12.0.